The predicted octanol–water partition coefficient (Wildman–Crippen LogP) is 5.45. The van der Waals surface area contributed by atoms with E-state index in [1.54, 1.807) is 30.5 Å². The number of carbonyl (C=O) groups is 1. The van der Waals surface area contributed by atoms with Crippen LogP contribution in [-0.4, -0.2) is 18.7 Å². The van der Waals surface area contributed by atoms with Crippen molar-refractivity contribution >= 4 is 23.7 Å². The van der Waals surface area contributed by atoms with Gasteiger partial charge in [0.2, 0.25) is 0 Å². The van der Waals surface area contributed by atoms with Crippen LogP contribution in [0.4, 0.5) is 0 Å². The molecule has 1 N–H and O–H groups in total. The highest BCUT2D eigenvalue weighted by Gasteiger charge is 2.08. The van der Waals surface area contributed by atoms with Crippen molar-refractivity contribution in [3.63, 3.8) is 0 Å². The fraction of sp³-hybridized carbons (Fsp3) is 0.333. The molecule has 0 saturated carbocycles. The zero-order valence-corrected chi connectivity index (χ0v) is 15.8. The molecule has 26 heavy (non-hydrogen) atoms. The van der Waals surface area contributed by atoms with E-state index in [1.807, 2.05) is 24.3 Å². The first-order valence-electron chi connectivity index (χ1n) is 9.02. The van der Waals surface area contributed by atoms with Crippen LogP contribution in [0.2, 0.25) is 5.02 Å². The van der Waals surface area contributed by atoms with Crippen LogP contribution in [0.1, 0.15) is 54.9 Å². The van der Waals surface area contributed by atoms with Crippen LogP contribution in [0.5, 0.6) is 5.75 Å². The van der Waals surface area contributed by atoms with Crippen molar-refractivity contribution in [3.05, 3.63) is 64.7 Å². The molecule has 2 aromatic rings. The van der Waals surface area contributed by atoms with Gasteiger partial charge in [0.05, 0.1) is 23.4 Å². The summed E-state index contributed by atoms with van der Waals surface area (Å²) >= 11 is 6.01. The second-order valence-electron chi connectivity index (χ2n) is 5.98. The Morgan fingerprint density at radius 1 is 1.08 bits per heavy atom. The molecule has 0 aliphatic heterocycles. The minimum Gasteiger partial charge on any atom is -0.493 e. The van der Waals surface area contributed by atoms with E-state index < -0.39 is 0 Å². The van der Waals surface area contributed by atoms with Gasteiger partial charge in [-0.05, 0) is 30.7 Å². The zero-order chi connectivity index (χ0) is 18.6. The van der Waals surface area contributed by atoms with E-state index in [9.17, 15) is 4.79 Å². The number of ether oxygens (including phenoxy) is 1. The highest BCUT2D eigenvalue weighted by atomic mass is 35.5. The van der Waals surface area contributed by atoms with E-state index in [4.69, 9.17) is 16.3 Å². The normalized spacial score (nSPS) is 10.8. The van der Waals surface area contributed by atoms with Crippen molar-refractivity contribution in [3.8, 4) is 5.75 Å². The first kappa shape index (κ1) is 20.0. The van der Waals surface area contributed by atoms with Gasteiger partial charge in [0.25, 0.3) is 5.91 Å². The van der Waals surface area contributed by atoms with Gasteiger partial charge in [-0.15, -0.1) is 0 Å². The van der Waals surface area contributed by atoms with Crippen LogP contribution in [0.3, 0.4) is 0 Å². The van der Waals surface area contributed by atoms with Gasteiger partial charge in [-0.25, -0.2) is 5.43 Å². The summed E-state index contributed by atoms with van der Waals surface area (Å²) in [4.78, 5) is 12.1. The number of unbranched alkanes of at least 4 members (excludes halogenated alkanes) is 4. The number of nitrogens with one attached hydrogen (secondary N) is 1. The van der Waals surface area contributed by atoms with Crippen LogP contribution >= 0.6 is 11.6 Å². The maximum Gasteiger partial charge on any atom is 0.272 e. The Bertz CT molecular complexity index is 731. The van der Waals surface area contributed by atoms with E-state index >= 15 is 0 Å². The molecule has 0 heterocycles. The molecule has 0 bridgehead atoms. The number of rotatable bonds is 10. The summed E-state index contributed by atoms with van der Waals surface area (Å²) in [6.45, 7) is 2.89. The number of amides is 1. The molecule has 5 heteroatoms. The number of benzene rings is 2. The Balaban J connectivity index is 1.88. The van der Waals surface area contributed by atoms with Gasteiger partial charge in [0.15, 0.2) is 0 Å². The number of para-hydroxylation sites is 1. The maximum atomic E-state index is 12.1. The number of halogens is 1. The molecule has 0 aromatic heterocycles. The third-order valence-electron chi connectivity index (χ3n) is 3.91. The van der Waals surface area contributed by atoms with Crippen LogP contribution in [0.25, 0.3) is 0 Å². The quantitative estimate of drug-likeness (QED) is 0.342. The standard InChI is InChI=1S/C21H25ClN2O2/c1-2-3-4-5-10-15-26-20-14-9-6-11-17(20)16-23-24-21(25)18-12-7-8-13-19(18)22/h6-9,11-14,16H,2-5,10,15H2,1H3,(H,24,25)/b23-16+. The summed E-state index contributed by atoms with van der Waals surface area (Å²) in [6.07, 6.45) is 7.55. The van der Waals surface area contributed by atoms with Gasteiger partial charge in [0, 0.05) is 5.56 Å². The molecule has 0 aliphatic rings. The molecule has 0 unspecified atom stereocenters. The molecule has 2 rings (SSSR count). The predicted molar refractivity (Wildman–Crippen MR) is 107 cm³/mol. The third kappa shape index (κ3) is 6.52. The van der Waals surface area contributed by atoms with Crippen LogP contribution in [0, 0.1) is 0 Å². The monoisotopic (exact) mass is 372 g/mol. The Morgan fingerprint density at radius 2 is 1.81 bits per heavy atom. The molecule has 0 aliphatic carbocycles. The van der Waals surface area contributed by atoms with Crippen molar-refractivity contribution in [1.29, 1.82) is 0 Å². The summed E-state index contributed by atoms with van der Waals surface area (Å²) < 4.78 is 5.85. The van der Waals surface area contributed by atoms with Gasteiger partial charge in [0.1, 0.15) is 5.75 Å². The average molecular weight is 373 g/mol. The molecular formula is C21H25ClN2O2. The van der Waals surface area contributed by atoms with E-state index in [2.05, 4.69) is 17.5 Å². The Morgan fingerprint density at radius 3 is 2.62 bits per heavy atom. The molecule has 2 aromatic carbocycles. The van der Waals surface area contributed by atoms with Crippen molar-refractivity contribution < 1.29 is 9.53 Å². The summed E-state index contributed by atoms with van der Waals surface area (Å²) in [6, 6.07) is 14.5. The summed E-state index contributed by atoms with van der Waals surface area (Å²) in [5, 5.41) is 4.42. The molecule has 1 amide bonds. The Labute approximate surface area is 160 Å². The fourth-order valence-corrected chi connectivity index (χ4v) is 2.69. The molecule has 0 spiro atoms. The molecule has 0 fully saturated rings. The van der Waals surface area contributed by atoms with Gasteiger partial charge in [-0.2, -0.15) is 5.10 Å². The van der Waals surface area contributed by atoms with Gasteiger partial charge < -0.3 is 4.74 Å². The first-order valence-corrected chi connectivity index (χ1v) is 9.40. The topological polar surface area (TPSA) is 50.7 Å². The lowest BCUT2D eigenvalue weighted by Crippen LogP contribution is -2.18. The highest BCUT2D eigenvalue weighted by molar-refractivity contribution is 6.33. The maximum absolute atomic E-state index is 12.1. The number of hydrogen-bond acceptors (Lipinski definition) is 3. The van der Waals surface area contributed by atoms with Crippen molar-refractivity contribution in [2.45, 2.75) is 39.0 Å². The minimum absolute atomic E-state index is 0.346. The van der Waals surface area contributed by atoms with Crippen LogP contribution in [-0.2, 0) is 0 Å². The zero-order valence-electron chi connectivity index (χ0n) is 15.1. The number of hydrazone groups is 1. The van der Waals surface area contributed by atoms with Gasteiger partial charge >= 0.3 is 0 Å². The lowest BCUT2D eigenvalue weighted by Gasteiger charge is -2.09. The second kappa shape index (κ2) is 11.3. The first-order chi connectivity index (χ1) is 12.7. The molecule has 0 saturated heterocycles. The summed E-state index contributed by atoms with van der Waals surface area (Å²) in [7, 11) is 0. The molecule has 0 radical (unpaired) electrons. The van der Waals surface area contributed by atoms with Gasteiger partial charge in [-0.1, -0.05) is 68.5 Å². The average Bonchev–Trinajstić information content (AvgIpc) is 2.66. The van der Waals surface area contributed by atoms with Crippen LogP contribution < -0.4 is 10.2 Å². The summed E-state index contributed by atoms with van der Waals surface area (Å²) in [5.74, 6) is 0.417. The third-order valence-corrected chi connectivity index (χ3v) is 4.24. The minimum atomic E-state index is -0.346. The lowest BCUT2D eigenvalue weighted by atomic mass is 10.2. The van der Waals surface area contributed by atoms with Crippen molar-refractivity contribution in [2.24, 2.45) is 5.10 Å². The summed E-state index contributed by atoms with van der Waals surface area (Å²) in [5.41, 5.74) is 3.71. The van der Waals surface area contributed by atoms with E-state index in [0.717, 1.165) is 17.7 Å². The van der Waals surface area contributed by atoms with E-state index in [-0.39, 0.29) is 5.91 Å². The van der Waals surface area contributed by atoms with Gasteiger partial charge in [-0.3, -0.25) is 4.79 Å². The molecule has 4 nitrogen and oxygen atoms in total. The lowest BCUT2D eigenvalue weighted by molar-refractivity contribution is 0.0955. The van der Waals surface area contributed by atoms with Crippen molar-refractivity contribution in [2.75, 3.05) is 6.61 Å². The molecule has 138 valence electrons. The Hall–Kier alpha value is -2.33. The van der Waals surface area contributed by atoms with Crippen molar-refractivity contribution in [1.82, 2.24) is 5.43 Å². The molecular weight excluding hydrogens is 348 g/mol. The number of nitrogens with zero attached hydrogens (tertiary/aromatic N) is 1. The van der Waals surface area contributed by atoms with E-state index in [1.165, 1.54) is 25.7 Å². The number of hydrogen-bond donors (Lipinski definition) is 1. The SMILES string of the molecule is CCCCCCCOc1ccccc1/C=N/NC(=O)c1ccccc1Cl. The fourth-order valence-electron chi connectivity index (χ4n) is 2.47. The van der Waals surface area contributed by atoms with E-state index in [0.29, 0.717) is 17.2 Å². The van der Waals surface area contributed by atoms with Crippen LogP contribution in [0.15, 0.2) is 53.6 Å². The number of carbonyl (C=O) groups excluding carboxylic acids is 1. The largest absolute Gasteiger partial charge is 0.493 e. The second-order valence-corrected chi connectivity index (χ2v) is 6.39. The highest BCUT2D eigenvalue weighted by Crippen LogP contribution is 2.17. The molecule has 0 atom stereocenters. The Kier molecular flexibility index (Phi) is 8.70. The smallest absolute Gasteiger partial charge is 0.272 e.